The van der Waals surface area contributed by atoms with Crippen LogP contribution in [-0.4, -0.2) is 6.54 Å². The first kappa shape index (κ1) is 13.2. The summed E-state index contributed by atoms with van der Waals surface area (Å²) >= 11 is 0. The molecule has 1 heterocycles. The van der Waals surface area contributed by atoms with Crippen LogP contribution in [0.4, 0.5) is 18.9 Å². The Balaban J connectivity index is 2.41. The van der Waals surface area contributed by atoms with Crippen molar-refractivity contribution in [3.8, 4) is 0 Å². The maximum atomic E-state index is 12.8. The summed E-state index contributed by atoms with van der Waals surface area (Å²) in [6.07, 6.45) is -1.45. The molecule has 0 spiro atoms. The van der Waals surface area contributed by atoms with E-state index >= 15 is 0 Å². The monoisotopic (exact) mass is 258 g/mol. The van der Waals surface area contributed by atoms with E-state index in [1.165, 1.54) is 6.07 Å². The van der Waals surface area contributed by atoms with Crippen LogP contribution in [0.15, 0.2) is 18.2 Å². The fraction of sp³-hybridized carbons (Fsp3) is 0.538. The van der Waals surface area contributed by atoms with E-state index in [1.807, 2.05) is 6.92 Å². The van der Waals surface area contributed by atoms with Gasteiger partial charge in [0.1, 0.15) is 0 Å². The summed E-state index contributed by atoms with van der Waals surface area (Å²) in [7, 11) is 0. The highest BCUT2D eigenvalue weighted by Gasteiger charge is 2.34. The third-order valence-corrected chi connectivity index (χ3v) is 3.54. The molecule has 0 amide bonds. The van der Waals surface area contributed by atoms with Crippen LogP contribution in [0, 0.1) is 0 Å². The summed E-state index contributed by atoms with van der Waals surface area (Å²) in [5, 5.41) is 3.29. The molecule has 1 atom stereocenters. The van der Waals surface area contributed by atoms with Gasteiger partial charge >= 0.3 is 6.18 Å². The Morgan fingerprint density at radius 3 is 2.50 bits per heavy atom. The van der Waals surface area contributed by atoms with Crippen molar-refractivity contribution < 1.29 is 13.2 Å². The zero-order valence-electron chi connectivity index (χ0n) is 10.3. The highest BCUT2D eigenvalue weighted by Crippen LogP contribution is 2.36. The maximum absolute atomic E-state index is 12.8. The van der Waals surface area contributed by atoms with E-state index in [0.717, 1.165) is 31.9 Å². The zero-order valence-corrected chi connectivity index (χ0v) is 10.3. The molecule has 1 fully saturated rings. The Hall–Kier alpha value is -1.23. The van der Waals surface area contributed by atoms with E-state index in [-0.39, 0.29) is 5.69 Å². The van der Waals surface area contributed by atoms with Crippen LogP contribution < -0.4 is 11.1 Å². The number of alkyl halides is 3. The quantitative estimate of drug-likeness (QED) is 0.759. The van der Waals surface area contributed by atoms with Crippen molar-refractivity contribution in [3.63, 3.8) is 0 Å². The van der Waals surface area contributed by atoms with Crippen LogP contribution in [-0.2, 0) is 11.7 Å². The van der Waals surface area contributed by atoms with Gasteiger partial charge in [0, 0.05) is 11.2 Å². The van der Waals surface area contributed by atoms with Gasteiger partial charge in [0.25, 0.3) is 0 Å². The fourth-order valence-electron chi connectivity index (χ4n) is 2.44. The Morgan fingerprint density at radius 2 is 1.94 bits per heavy atom. The van der Waals surface area contributed by atoms with Gasteiger partial charge in [0.15, 0.2) is 0 Å². The number of nitrogen functional groups attached to an aromatic ring is 1. The molecule has 0 saturated carbocycles. The van der Waals surface area contributed by atoms with Gasteiger partial charge in [-0.15, -0.1) is 0 Å². The van der Waals surface area contributed by atoms with Crippen molar-refractivity contribution >= 4 is 5.69 Å². The molecule has 1 aliphatic rings. The van der Waals surface area contributed by atoms with E-state index in [1.54, 1.807) is 6.07 Å². The number of piperidine rings is 1. The molecule has 100 valence electrons. The molecule has 1 aromatic rings. The Morgan fingerprint density at radius 1 is 1.22 bits per heavy atom. The summed E-state index contributed by atoms with van der Waals surface area (Å²) in [6, 6.07) is 3.82. The lowest BCUT2D eigenvalue weighted by atomic mass is 9.83. The number of anilines is 1. The third-order valence-electron chi connectivity index (χ3n) is 3.54. The van der Waals surface area contributed by atoms with Crippen molar-refractivity contribution in [2.24, 2.45) is 0 Å². The molecule has 18 heavy (non-hydrogen) atoms. The van der Waals surface area contributed by atoms with Crippen molar-refractivity contribution in [1.29, 1.82) is 0 Å². The average Bonchev–Trinajstić information content (AvgIpc) is 2.28. The van der Waals surface area contributed by atoms with Crippen molar-refractivity contribution in [2.45, 2.75) is 37.9 Å². The summed E-state index contributed by atoms with van der Waals surface area (Å²) < 4.78 is 38.3. The molecule has 2 nitrogen and oxygen atoms in total. The highest BCUT2D eigenvalue weighted by molar-refractivity contribution is 5.47. The summed E-state index contributed by atoms with van der Waals surface area (Å²) in [5.41, 5.74) is 5.29. The van der Waals surface area contributed by atoms with Gasteiger partial charge in [-0.25, -0.2) is 0 Å². The van der Waals surface area contributed by atoms with Gasteiger partial charge in [0.05, 0.1) is 5.56 Å². The molecule has 1 unspecified atom stereocenters. The molecular formula is C13H17F3N2. The van der Waals surface area contributed by atoms with E-state index in [2.05, 4.69) is 5.32 Å². The number of benzene rings is 1. The van der Waals surface area contributed by atoms with Crippen LogP contribution in [0.2, 0.25) is 0 Å². The number of nitrogens with two attached hydrogens (primary N) is 1. The van der Waals surface area contributed by atoms with Crippen molar-refractivity contribution in [2.75, 3.05) is 12.3 Å². The molecular weight excluding hydrogens is 241 g/mol. The smallest absolute Gasteiger partial charge is 0.399 e. The number of nitrogens with one attached hydrogen (secondary N) is 1. The van der Waals surface area contributed by atoms with Gasteiger partial charge in [-0.2, -0.15) is 13.2 Å². The Kier molecular flexibility index (Phi) is 3.27. The summed E-state index contributed by atoms with van der Waals surface area (Å²) in [4.78, 5) is 0. The van der Waals surface area contributed by atoms with E-state index < -0.39 is 17.3 Å². The lowest BCUT2D eigenvalue weighted by Gasteiger charge is -2.36. The maximum Gasteiger partial charge on any atom is 0.416 e. The van der Waals surface area contributed by atoms with Gasteiger partial charge < -0.3 is 11.1 Å². The first-order valence-corrected chi connectivity index (χ1v) is 6.04. The van der Waals surface area contributed by atoms with Gasteiger partial charge in [-0.1, -0.05) is 6.42 Å². The Bertz CT molecular complexity index is 434. The number of hydrogen-bond donors (Lipinski definition) is 2. The minimum Gasteiger partial charge on any atom is -0.399 e. The number of halogens is 3. The van der Waals surface area contributed by atoms with Crippen LogP contribution in [0.3, 0.4) is 0 Å². The standard InChI is InChI=1S/C13H17F3N2/c1-12(4-2-3-5-18-12)9-6-10(13(14,15)16)8-11(17)7-9/h6-8,18H,2-5,17H2,1H3. The fourth-order valence-corrected chi connectivity index (χ4v) is 2.44. The molecule has 0 radical (unpaired) electrons. The molecule has 2 rings (SSSR count). The van der Waals surface area contributed by atoms with Crippen LogP contribution in [0.5, 0.6) is 0 Å². The van der Waals surface area contributed by atoms with Crippen LogP contribution in [0.25, 0.3) is 0 Å². The van der Waals surface area contributed by atoms with E-state index in [0.29, 0.717) is 5.56 Å². The molecule has 0 aromatic heterocycles. The predicted octanol–water partition coefficient (Wildman–Crippen LogP) is 3.28. The van der Waals surface area contributed by atoms with Crippen LogP contribution >= 0.6 is 0 Å². The molecule has 0 aliphatic carbocycles. The molecule has 1 saturated heterocycles. The first-order valence-electron chi connectivity index (χ1n) is 6.04. The molecule has 1 aliphatic heterocycles. The molecule has 5 heteroatoms. The van der Waals surface area contributed by atoms with Crippen LogP contribution in [0.1, 0.15) is 37.3 Å². The zero-order chi connectivity index (χ0) is 13.4. The largest absolute Gasteiger partial charge is 0.416 e. The normalized spacial score (nSPS) is 25.1. The second-order valence-electron chi connectivity index (χ2n) is 5.06. The number of hydrogen-bond acceptors (Lipinski definition) is 2. The SMILES string of the molecule is CC1(c2cc(N)cc(C(F)(F)F)c2)CCCCN1. The lowest BCUT2D eigenvalue weighted by molar-refractivity contribution is -0.137. The Labute approximate surface area is 104 Å². The molecule has 1 aromatic carbocycles. The second kappa shape index (κ2) is 4.46. The minimum absolute atomic E-state index is 0.161. The third kappa shape index (κ3) is 2.61. The lowest BCUT2D eigenvalue weighted by Crippen LogP contribution is -2.43. The summed E-state index contributed by atoms with van der Waals surface area (Å²) in [5.74, 6) is 0. The predicted molar refractivity (Wildman–Crippen MR) is 65.1 cm³/mol. The molecule has 0 bridgehead atoms. The second-order valence-corrected chi connectivity index (χ2v) is 5.06. The van der Waals surface area contributed by atoms with E-state index in [4.69, 9.17) is 5.73 Å². The average molecular weight is 258 g/mol. The van der Waals surface area contributed by atoms with Gasteiger partial charge in [0.2, 0.25) is 0 Å². The highest BCUT2D eigenvalue weighted by atomic mass is 19.4. The topological polar surface area (TPSA) is 38.0 Å². The molecule has 3 N–H and O–H groups in total. The minimum atomic E-state index is -4.35. The summed E-state index contributed by atoms with van der Waals surface area (Å²) in [6.45, 7) is 2.76. The van der Waals surface area contributed by atoms with Crippen molar-refractivity contribution in [3.05, 3.63) is 29.3 Å². The van der Waals surface area contributed by atoms with E-state index in [9.17, 15) is 13.2 Å². The number of rotatable bonds is 1. The first-order chi connectivity index (χ1) is 8.31. The van der Waals surface area contributed by atoms with Crippen molar-refractivity contribution in [1.82, 2.24) is 5.32 Å². The van der Waals surface area contributed by atoms with Gasteiger partial charge in [-0.3, -0.25) is 0 Å². The van der Waals surface area contributed by atoms with Gasteiger partial charge in [-0.05, 0) is 50.1 Å².